The lowest BCUT2D eigenvalue weighted by Crippen LogP contribution is -2.39. The zero-order valence-electron chi connectivity index (χ0n) is 7.63. The molecule has 1 aliphatic rings. The number of hydrogen-bond acceptors (Lipinski definition) is 5. The molecule has 3 N–H and O–H groups in total. The van der Waals surface area contributed by atoms with Gasteiger partial charge in [0.25, 0.3) is 0 Å². The smallest absolute Gasteiger partial charge is 0.329 e. The number of aliphatic carboxylic acids is 1. The van der Waals surface area contributed by atoms with Crippen LogP contribution in [0.1, 0.15) is 12.8 Å². The molecule has 14 heavy (non-hydrogen) atoms. The van der Waals surface area contributed by atoms with E-state index in [9.17, 15) is 9.90 Å². The SMILES string of the molecule is O=C(O)COC1C[C@@H](O)C[C@@H](CO)O1. The maximum absolute atomic E-state index is 10.2. The molecule has 0 saturated carbocycles. The van der Waals surface area contributed by atoms with Gasteiger partial charge in [0, 0.05) is 12.8 Å². The lowest BCUT2D eigenvalue weighted by molar-refractivity contribution is -0.223. The molecule has 1 rings (SSSR count). The van der Waals surface area contributed by atoms with Crippen LogP contribution in [0.4, 0.5) is 0 Å². The molecule has 1 heterocycles. The van der Waals surface area contributed by atoms with E-state index in [1.165, 1.54) is 0 Å². The van der Waals surface area contributed by atoms with Crippen LogP contribution in [0.5, 0.6) is 0 Å². The minimum Gasteiger partial charge on any atom is -0.480 e. The number of ether oxygens (including phenoxy) is 2. The minimum absolute atomic E-state index is 0.204. The molecule has 1 fully saturated rings. The Morgan fingerprint density at radius 3 is 2.79 bits per heavy atom. The van der Waals surface area contributed by atoms with Gasteiger partial charge in [-0.3, -0.25) is 0 Å². The second kappa shape index (κ2) is 5.26. The summed E-state index contributed by atoms with van der Waals surface area (Å²) in [5.41, 5.74) is 0. The molecule has 0 amide bonds. The van der Waals surface area contributed by atoms with Crippen LogP contribution in [-0.2, 0) is 14.3 Å². The van der Waals surface area contributed by atoms with Crippen LogP contribution in [0.2, 0.25) is 0 Å². The maximum Gasteiger partial charge on any atom is 0.329 e. The van der Waals surface area contributed by atoms with E-state index in [4.69, 9.17) is 19.7 Å². The van der Waals surface area contributed by atoms with E-state index in [2.05, 4.69) is 0 Å². The van der Waals surface area contributed by atoms with Gasteiger partial charge < -0.3 is 24.8 Å². The monoisotopic (exact) mass is 206 g/mol. The van der Waals surface area contributed by atoms with Gasteiger partial charge in [-0.15, -0.1) is 0 Å². The van der Waals surface area contributed by atoms with Crippen molar-refractivity contribution in [1.29, 1.82) is 0 Å². The molecule has 0 bridgehead atoms. The molecule has 1 unspecified atom stereocenters. The summed E-state index contributed by atoms with van der Waals surface area (Å²) < 4.78 is 10.0. The summed E-state index contributed by atoms with van der Waals surface area (Å²) in [6.07, 6.45) is -1.24. The molecule has 0 aromatic heterocycles. The Bertz CT molecular complexity index is 194. The minimum atomic E-state index is -1.09. The van der Waals surface area contributed by atoms with E-state index in [0.717, 1.165) is 0 Å². The Morgan fingerprint density at radius 1 is 1.50 bits per heavy atom. The third-order valence-electron chi connectivity index (χ3n) is 1.94. The fraction of sp³-hybridized carbons (Fsp3) is 0.875. The Balaban J connectivity index is 2.33. The van der Waals surface area contributed by atoms with Gasteiger partial charge in [0.1, 0.15) is 6.61 Å². The molecule has 6 nitrogen and oxygen atoms in total. The Morgan fingerprint density at radius 2 is 2.21 bits per heavy atom. The Hall–Kier alpha value is -0.690. The van der Waals surface area contributed by atoms with Gasteiger partial charge in [0.05, 0.1) is 18.8 Å². The predicted molar refractivity (Wildman–Crippen MR) is 44.6 cm³/mol. The number of carboxylic acid groups (broad SMARTS) is 1. The van der Waals surface area contributed by atoms with Crippen LogP contribution in [0.25, 0.3) is 0 Å². The summed E-state index contributed by atoms with van der Waals surface area (Å²) >= 11 is 0. The van der Waals surface area contributed by atoms with Crippen molar-refractivity contribution >= 4 is 5.97 Å². The number of aliphatic hydroxyl groups excluding tert-OH is 2. The normalized spacial score (nSPS) is 32.9. The van der Waals surface area contributed by atoms with Crippen LogP contribution in [0.15, 0.2) is 0 Å². The average molecular weight is 206 g/mol. The second-order valence-electron chi connectivity index (χ2n) is 3.20. The molecule has 0 spiro atoms. The topological polar surface area (TPSA) is 96.2 Å². The lowest BCUT2D eigenvalue weighted by atomic mass is 10.1. The fourth-order valence-electron chi connectivity index (χ4n) is 1.34. The van der Waals surface area contributed by atoms with E-state index >= 15 is 0 Å². The van der Waals surface area contributed by atoms with Crippen molar-refractivity contribution in [3.8, 4) is 0 Å². The fourth-order valence-corrected chi connectivity index (χ4v) is 1.34. The first-order valence-electron chi connectivity index (χ1n) is 4.39. The van der Waals surface area contributed by atoms with Gasteiger partial charge in [0.2, 0.25) is 0 Å². The maximum atomic E-state index is 10.2. The molecule has 0 radical (unpaired) electrons. The largest absolute Gasteiger partial charge is 0.480 e. The zero-order chi connectivity index (χ0) is 10.6. The standard InChI is InChI=1S/C8H14O6/c9-3-6-1-5(10)2-8(14-6)13-4-7(11)12/h5-6,8-10H,1-4H2,(H,11,12)/t5-,6-,8?/m0/s1. The van der Waals surface area contributed by atoms with Crippen molar-refractivity contribution in [2.75, 3.05) is 13.2 Å². The summed E-state index contributed by atoms with van der Waals surface area (Å²) in [6.45, 7) is -0.667. The van der Waals surface area contributed by atoms with Gasteiger partial charge in [0.15, 0.2) is 6.29 Å². The van der Waals surface area contributed by atoms with Gasteiger partial charge in [-0.1, -0.05) is 0 Å². The summed E-state index contributed by atoms with van der Waals surface area (Å²) in [5, 5.41) is 26.5. The first-order chi connectivity index (χ1) is 6.61. The van der Waals surface area contributed by atoms with Crippen molar-refractivity contribution in [2.24, 2.45) is 0 Å². The Labute approximate surface area is 81.1 Å². The van der Waals surface area contributed by atoms with Crippen molar-refractivity contribution in [2.45, 2.75) is 31.3 Å². The molecular formula is C8H14O6. The van der Waals surface area contributed by atoms with Crippen LogP contribution >= 0.6 is 0 Å². The van der Waals surface area contributed by atoms with Crippen molar-refractivity contribution in [3.05, 3.63) is 0 Å². The summed E-state index contributed by atoms with van der Waals surface area (Å²) in [6, 6.07) is 0. The first kappa shape index (κ1) is 11.4. The molecule has 0 aliphatic carbocycles. The van der Waals surface area contributed by atoms with Gasteiger partial charge in [-0.2, -0.15) is 0 Å². The Kier molecular flexibility index (Phi) is 4.27. The van der Waals surface area contributed by atoms with Gasteiger partial charge >= 0.3 is 5.97 Å². The average Bonchev–Trinajstić information content (AvgIpc) is 2.14. The highest BCUT2D eigenvalue weighted by Crippen LogP contribution is 2.19. The third kappa shape index (κ3) is 3.59. The quantitative estimate of drug-likeness (QED) is 0.543. The van der Waals surface area contributed by atoms with E-state index in [1.54, 1.807) is 0 Å². The number of carboxylic acids is 1. The van der Waals surface area contributed by atoms with E-state index in [-0.39, 0.29) is 13.0 Å². The molecule has 6 heteroatoms. The zero-order valence-corrected chi connectivity index (χ0v) is 7.63. The molecule has 1 aliphatic heterocycles. The van der Waals surface area contributed by atoms with Crippen molar-refractivity contribution in [3.63, 3.8) is 0 Å². The summed E-state index contributed by atoms with van der Waals surface area (Å²) in [4.78, 5) is 10.2. The van der Waals surface area contributed by atoms with Gasteiger partial charge in [-0.05, 0) is 0 Å². The van der Waals surface area contributed by atoms with E-state index in [0.29, 0.717) is 6.42 Å². The number of aliphatic hydroxyl groups is 2. The second-order valence-corrected chi connectivity index (χ2v) is 3.20. The number of rotatable bonds is 4. The number of hydrogen-bond donors (Lipinski definition) is 3. The summed E-state index contributed by atoms with van der Waals surface area (Å²) in [7, 11) is 0. The van der Waals surface area contributed by atoms with Crippen molar-refractivity contribution in [1.82, 2.24) is 0 Å². The molecule has 0 aromatic carbocycles. The van der Waals surface area contributed by atoms with Crippen LogP contribution in [0.3, 0.4) is 0 Å². The molecule has 3 atom stereocenters. The predicted octanol–water partition coefficient (Wildman–Crippen LogP) is -1.05. The highest BCUT2D eigenvalue weighted by atomic mass is 16.7. The third-order valence-corrected chi connectivity index (χ3v) is 1.94. The number of carbonyl (C=O) groups is 1. The summed E-state index contributed by atoms with van der Waals surface area (Å²) in [5.74, 6) is -1.09. The van der Waals surface area contributed by atoms with Crippen LogP contribution < -0.4 is 0 Å². The van der Waals surface area contributed by atoms with E-state index in [1.807, 2.05) is 0 Å². The molecule has 0 aromatic rings. The van der Waals surface area contributed by atoms with Gasteiger partial charge in [-0.25, -0.2) is 4.79 Å². The lowest BCUT2D eigenvalue weighted by Gasteiger charge is -2.31. The molecule has 1 saturated heterocycles. The highest BCUT2D eigenvalue weighted by molar-refractivity contribution is 5.67. The van der Waals surface area contributed by atoms with Crippen LogP contribution in [0, 0.1) is 0 Å². The first-order valence-corrected chi connectivity index (χ1v) is 4.39. The van der Waals surface area contributed by atoms with E-state index < -0.39 is 31.1 Å². The molecular weight excluding hydrogens is 192 g/mol. The van der Waals surface area contributed by atoms with Crippen molar-refractivity contribution < 1.29 is 29.6 Å². The molecule has 82 valence electrons. The van der Waals surface area contributed by atoms with Crippen LogP contribution in [-0.4, -0.2) is 53.0 Å². The highest BCUT2D eigenvalue weighted by Gasteiger charge is 2.28.